The van der Waals surface area contributed by atoms with E-state index in [2.05, 4.69) is 14.9 Å². The van der Waals surface area contributed by atoms with Crippen LogP contribution in [0.15, 0.2) is 0 Å². The Morgan fingerprint density at radius 2 is 1.60 bits per heavy atom. The number of hydrogen-bond donors (Lipinski definition) is 0. The molecule has 0 atom stereocenters. The first kappa shape index (κ1) is 10.7. The summed E-state index contributed by atoms with van der Waals surface area (Å²) in [5.41, 5.74) is 1.89. The van der Waals surface area contributed by atoms with Crippen molar-refractivity contribution in [2.75, 3.05) is 18.0 Å². The highest BCUT2D eigenvalue weighted by Crippen LogP contribution is 2.25. The highest BCUT2D eigenvalue weighted by atomic mass is 35.5. The molecule has 0 unspecified atom stereocenters. The molecule has 0 amide bonds. The fourth-order valence-electron chi connectivity index (χ4n) is 1.87. The lowest BCUT2D eigenvalue weighted by molar-refractivity contribution is 0.572. The summed E-state index contributed by atoms with van der Waals surface area (Å²) in [4.78, 5) is 11.1. The second-order valence-electron chi connectivity index (χ2n) is 4.06. The van der Waals surface area contributed by atoms with E-state index in [1.807, 2.05) is 13.8 Å². The van der Waals surface area contributed by atoms with Crippen molar-refractivity contribution < 1.29 is 0 Å². The molecule has 3 nitrogen and oxygen atoms in total. The summed E-state index contributed by atoms with van der Waals surface area (Å²) in [5, 5.41) is 0.542. The first-order valence-corrected chi connectivity index (χ1v) is 5.82. The Hall–Kier alpha value is -0.830. The van der Waals surface area contributed by atoms with Crippen LogP contribution in [0.4, 0.5) is 5.82 Å². The van der Waals surface area contributed by atoms with Gasteiger partial charge in [-0.3, -0.25) is 0 Å². The van der Waals surface area contributed by atoms with E-state index in [9.17, 15) is 0 Å². The highest BCUT2D eigenvalue weighted by Gasteiger charge is 2.16. The predicted molar refractivity (Wildman–Crippen MR) is 62.6 cm³/mol. The maximum absolute atomic E-state index is 6.12. The largest absolute Gasteiger partial charge is 0.354 e. The fourth-order valence-corrected chi connectivity index (χ4v) is 2.16. The summed E-state index contributed by atoms with van der Waals surface area (Å²) in [7, 11) is 0. The van der Waals surface area contributed by atoms with E-state index in [0.717, 1.165) is 30.3 Å². The third-order valence-electron chi connectivity index (χ3n) is 2.90. The van der Waals surface area contributed by atoms with Crippen LogP contribution >= 0.6 is 11.6 Å². The molecule has 82 valence electrons. The third-order valence-corrected chi connectivity index (χ3v) is 3.16. The summed E-state index contributed by atoms with van der Waals surface area (Å²) in [5.74, 6) is 0.861. The van der Waals surface area contributed by atoms with E-state index in [1.165, 1.54) is 19.3 Å². The Morgan fingerprint density at radius 1 is 1.00 bits per heavy atom. The maximum Gasteiger partial charge on any atom is 0.171 e. The average Bonchev–Trinajstić information content (AvgIpc) is 2.25. The monoisotopic (exact) mass is 225 g/mol. The van der Waals surface area contributed by atoms with Gasteiger partial charge in [-0.1, -0.05) is 11.6 Å². The van der Waals surface area contributed by atoms with Crippen molar-refractivity contribution in [2.24, 2.45) is 0 Å². The molecule has 1 aliphatic heterocycles. The Labute approximate surface area is 95.5 Å². The van der Waals surface area contributed by atoms with Gasteiger partial charge in [-0.25, -0.2) is 9.97 Å². The Balaban J connectivity index is 2.30. The van der Waals surface area contributed by atoms with Crippen LogP contribution in [0.5, 0.6) is 0 Å². The molecule has 15 heavy (non-hydrogen) atoms. The first-order valence-electron chi connectivity index (χ1n) is 5.44. The van der Waals surface area contributed by atoms with Gasteiger partial charge in [-0.05, 0) is 33.1 Å². The number of nitrogens with zero attached hydrogens (tertiary/aromatic N) is 3. The average molecular weight is 226 g/mol. The van der Waals surface area contributed by atoms with Crippen LogP contribution in [0.2, 0.25) is 5.15 Å². The Bertz CT molecular complexity index is 359. The molecular weight excluding hydrogens is 210 g/mol. The number of aryl methyl sites for hydroxylation is 2. The topological polar surface area (TPSA) is 29.0 Å². The lowest BCUT2D eigenvalue weighted by Crippen LogP contribution is -2.30. The van der Waals surface area contributed by atoms with Crippen molar-refractivity contribution in [2.45, 2.75) is 33.1 Å². The molecule has 0 bridgehead atoms. The summed E-state index contributed by atoms with van der Waals surface area (Å²) in [6.45, 7) is 6.02. The van der Waals surface area contributed by atoms with Crippen LogP contribution in [-0.4, -0.2) is 23.1 Å². The first-order chi connectivity index (χ1) is 7.18. The zero-order valence-electron chi connectivity index (χ0n) is 9.26. The van der Waals surface area contributed by atoms with Crippen LogP contribution in [0.1, 0.15) is 30.7 Å². The lowest BCUT2D eigenvalue weighted by atomic mass is 10.1. The quantitative estimate of drug-likeness (QED) is 0.736. The summed E-state index contributed by atoms with van der Waals surface area (Å²) >= 11 is 6.12. The van der Waals surface area contributed by atoms with E-state index in [0.29, 0.717) is 5.15 Å². The molecule has 1 fully saturated rings. The normalized spacial score (nSPS) is 16.9. The minimum absolute atomic E-state index is 0.542. The number of piperidine rings is 1. The van der Waals surface area contributed by atoms with E-state index in [4.69, 9.17) is 11.6 Å². The van der Waals surface area contributed by atoms with Crippen LogP contribution < -0.4 is 4.90 Å². The summed E-state index contributed by atoms with van der Waals surface area (Å²) in [6.07, 6.45) is 3.77. The second kappa shape index (κ2) is 4.35. The molecule has 2 heterocycles. The van der Waals surface area contributed by atoms with Crippen LogP contribution in [0.3, 0.4) is 0 Å². The molecule has 0 aliphatic carbocycles. The minimum Gasteiger partial charge on any atom is -0.354 e. The van der Waals surface area contributed by atoms with E-state index >= 15 is 0 Å². The van der Waals surface area contributed by atoms with Crippen molar-refractivity contribution in [1.82, 2.24) is 9.97 Å². The van der Waals surface area contributed by atoms with E-state index in [-0.39, 0.29) is 0 Å². The predicted octanol–water partition coefficient (Wildman–Crippen LogP) is 2.74. The Kier molecular flexibility index (Phi) is 3.10. The standard InChI is InChI=1S/C11H16ClN3/c1-8-9(2)14-11(10(12)13-8)15-6-4-3-5-7-15/h3-7H2,1-2H3. The SMILES string of the molecule is Cc1nc(Cl)c(N2CCCCC2)nc1C. The molecule has 1 aromatic heterocycles. The summed E-state index contributed by atoms with van der Waals surface area (Å²) < 4.78 is 0. The molecule has 1 saturated heterocycles. The van der Waals surface area contributed by atoms with E-state index < -0.39 is 0 Å². The van der Waals surface area contributed by atoms with Crippen molar-refractivity contribution in [3.05, 3.63) is 16.5 Å². The van der Waals surface area contributed by atoms with E-state index in [1.54, 1.807) is 0 Å². The number of rotatable bonds is 1. The Morgan fingerprint density at radius 3 is 2.27 bits per heavy atom. The van der Waals surface area contributed by atoms with Gasteiger partial charge in [0.1, 0.15) is 0 Å². The molecule has 0 spiro atoms. The van der Waals surface area contributed by atoms with Gasteiger partial charge in [-0.15, -0.1) is 0 Å². The van der Waals surface area contributed by atoms with Gasteiger partial charge in [0.25, 0.3) is 0 Å². The minimum atomic E-state index is 0.542. The van der Waals surface area contributed by atoms with Gasteiger partial charge in [0, 0.05) is 13.1 Å². The van der Waals surface area contributed by atoms with Gasteiger partial charge in [0.05, 0.1) is 11.4 Å². The number of anilines is 1. The van der Waals surface area contributed by atoms with Crippen LogP contribution in [0.25, 0.3) is 0 Å². The van der Waals surface area contributed by atoms with Crippen molar-refractivity contribution in [1.29, 1.82) is 0 Å². The van der Waals surface area contributed by atoms with Crippen LogP contribution in [0, 0.1) is 13.8 Å². The van der Waals surface area contributed by atoms with Crippen molar-refractivity contribution in [3.8, 4) is 0 Å². The molecule has 0 N–H and O–H groups in total. The molecule has 0 aromatic carbocycles. The molecule has 1 aromatic rings. The molecular formula is C11H16ClN3. The van der Waals surface area contributed by atoms with Gasteiger partial charge >= 0.3 is 0 Å². The summed E-state index contributed by atoms with van der Waals surface area (Å²) in [6, 6.07) is 0. The number of halogens is 1. The second-order valence-corrected chi connectivity index (χ2v) is 4.41. The molecule has 2 rings (SSSR count). The maximum atomic E-state index is 6.12. The molecule has 1 aliphatic rings. The zero-order chi connectivity index (χ0) is 10.8. The molecule has 0 radical (unpaired) electrons. The zero-order valence-corrected chi connectivity index (χ0v) is 10.0. The van der Waals surface area contributed by atoms with Crippen LogP contribution in [-0.2, 0) is 0 Å². The van der Waals surface area contributed by atoms with Gasteiger partial charge in [0.15, 0.2) is 11.0 Å². The van der Waals surface area contributed by atoms with Gasteiger partial charge in [-0.2, -0.15) is 0 Å². The van der Waals surface area contributed by atoms with Gasteiger partial charge < -0.3 is 4.90 Å². The lowest BCUT2D eigenvalue weighted by Gasteiger charge is -2.28. The number of hydrogen-bond acceptors (Lipinski definition) is 3. The fraction of sp³-hybridized carbons (Fsp3) is 0.636. The van der Waals surface area contributed by atoms with Crippen molar-refractivity contribution >= 4 is 17.4 Å². The molecule has 4 heteroatoms. The molecule has 0 saturated carbocycles. The highest BCUT2D eigenvalue weighted by molar-refractivity contribution is 6.31. The van der Waals surface area contributed by atoms with Gasteiger partial charge in [0.2, 0.25) is 0 Å². The third kappa shape index (κ3) is 2.23. The smallest absolute Gasteiger partial charge is 0.171 e. The number of aromatic nitrogens is 2. The van der Waals surface area contributed by atoms with Crippen molar-refractivity contribution in [3.63, 3.8) is 0 Å².